The van der Waals surface area contributed by atoms with Gasteiger partial charge in [-0.15, -0.1) is 0 Å². The predicted octanol–water partition coefficient (Wildman–Crippen LogP) is 2.69. The van der Waals surface area contributed by atoms with Gasteiger partial charge in [0.2, 0.25) is 12.7 Å². The van der Waals surface area contributed by atoms with Gasteiger partial charge in [0.25, 0.3) is 0 Å². The van der Waals surface area contributed by atoms with E-state index < -0.39 is 42.1 Å². The average molecular weight is 443 g/mol. The number of rotatable bonds is 7. The topological polar surface area (TPSA) is 103 Å². The van der Waals surface area contributed by atoms with Crippen molar-refractivity contribution in [3.8, 4) is 5.88 Å². The second-order valence-electron chi connectivity index (χ2n) is 6.54. The van der Waals surface area contributed by atoms with E-state index in [4.69, 9.17) is 5.73 Å². The molecule has 0 saturated carbocycles. The van der Waals surface area contributed by atoms with Crippen molar-refractivity contribution in [2.24, 2.45) is 10.7 Å². The maximum Gasteiger partial charge on any atom is 0.234 e. The van der Waals surface area contributed by atoms with Crippen LogP contribution in [0.25, 0.3) is 0 Å². The lowest BCUT2D eigenvalue weighted by molar-refractivity contribution is 0.0986. The SMILES string of the molecule is C[C@]1(c2nc(CC(=O)c3cnc(OCF)cn3)ccc2F)N=C(N)S[C@H](CF)[C@@H]1F. The molecule has 7 nitrogen and oxygen atoms in total. The zero-order valence-corrected chi connectivity index (χ0v) is 16.5. The summed E-state index contributed by atoms with van der Waals surface area (Å²) in [7, 11) is 0. The second kappa shape index (κ2) is 8.94. The summed E-state index contributed by atoms with van der Waals surface area (Å²) in [5.41, 5.74) is 3.54. The van der Waals surface area contributed by atoms with E-state index in [1.54, 1.807) is 0 Å². The first-order valence-electron chi connectivity index (χ1n) is 8.70. The Labute approximate surface area is 173 Å². The van der Waals surface area contributed by atoms with Crippen LogP contribution in [-0.4, -0.2) is 50.9 Å². The molecule has 0 amide bonds. The largest absolute Gasteiger partial charge is 0.445 e. The molecule has 3 heterocycles. The third-order valence-electron chi connectivity index (χ3n) is 4.47. The number of carbonyl (C=O) groups excluding carboxylic acids is 1. The average Bonchev–Trinajstić information content (AvgIpc) is 2.72. The Hall–Kier alpha value is -2.76. The summed E-state index contributed by atoms with van der Waals surface area (Å²) < 4.78 is 59.3. The Kier molecular flexibility index (Phi) is 6.54. The summed E-state index contributed by atoms with van der Waals surface area (Å²) in [5.74, 6) is -1.46. The number of pyridine rings is 1. The van der Waals surface area contributed by atoms with Gasteiger partial charge in [-0.05, 0) is 19.1 Å². The molecule has 0 unspecified atom stereocenters. The van der Waals surface area contributed by atoms with Crippen LogP contribution in [-0.2, 0) is 12.0 Å². The van der Waals surface area contributed by atoms with Crippen molar-refractivity contribution in [3.63, 3.8) is 0 Å². The number of hydrogen-bond donors (Lipinski definition) is 1. The third-order valence-corrected chi connectivity index (χ3v) is 5.47. The van der Waals surface area contributed by atoms with Gasteiger partial charge in [-0.2, -0.15) is 0 Å². The van der Waals surface area contributed by atoms with E-state index in [9.17, 15) is 22.4 Å². The molecule has 0 aromatic carbocycles. The Morgan fingerprint density at radius 1 is 1.30 bits per heavy atom. The Balaban J connectivity index is 1.88. The summed E-state index contributed by atoms with van der Waals surface area (Å²) in [6, 6.07) is 2.29. The van der Waals surface area contributed by atoms with Gasteiger partial charge in [-0.25, -0.2) is 32.5 Å². The van der Waals surface area contributed by atoms with Gasteiger partial charge in [0, 0.05) is 5.69 Å². The molecule has 0 bridgehead atoms. The summed E-state index contributed by atoms with van der Waals surface area (Å²) in [4.78, 5) is 28.1. The summed E-state index contributed by atoms with van der Waals surface area (Å²) in [5, 5.41) is -1.23. The number of halogens is 4. The van der Waals surface area contributed by atoms with Gasteiger partial charge in [0.05, 0.1) is 24.1 Å². The zero-order valence-electron chi connectivity index (χ0n) is 15.7. The monoisotopic (exact) mass is 443 g/mol. The summed E-state index contributed by atoms with van der Waals surface area (Å²) >= 11 is 0.738. The smallest absolute Gasteiger partial charge is 0.234 e. The van der Waals surface area contributed by atoms with Crippen LogP contribution in [0, 0.1) is 5.82 Å². The molecular formula is C18H17F4N5O2S. The number of hydrogen-bond acceptors (Lipinski definition) is 8. The Morgan fingerprint density at radius 2 is 2.07 bits per heavy atom. The minimum Gasteiger partial charge on any atom is -0.445 e. The minimum absolute atomic E-state index is 0.0442. The van der Waals surface area contributed by atoms with Crippen LogP contribution in [0.5, 0.6) is 5.88 Å². The quantitative estimate of drug-likeness (QED) is 0.518. The lowest BCUT2D eigenvalue weighted by Gasteiger charge is -2.36. The fraction of sp³-hybridized carbons (Fsp3) is 0.389. The van der Waals surface area contributed by atoms with Crippen LogP contribution in [0.2, 0.25) is 0 Å². The molecule has 0 aliphatic carbocycles. The summed E-state index contributed by atoms with van der Waals surface area (Å²) in [6.45, 7) is -0.829. The van der Waals surface area contributed by atoms with Crippen LogP contribution in [0.4, 0.5) is 17.6 Å². The van der Waals surface area contributed by atoms with Crippen molar-refractivity contribution in [2.45, 2.75) is 30.3 Å². The van der Waals surface area contributed by atoms with Crippen molar-refractivity contribution < 1.29 is 27.1 Å². The van der Waals surface area contributed by atoms with E-state index in [-0.39, 0.29) is 34.6 Å². The number of aromatic nitrogens is 3. The maximum atomic E-state index is 14.9. The van der Waals surface area contributed by atoms with E-state index in [2.05, 4.69) is 24.7 Å². The number of alkyl halides is 3. The van der Waals surface area contributed by atoms with Crippen LogP contribution in [0.1, 0.15) is 28.8 Å². The molecule has 12 heteroatoms. The third kappa shape index (κ3) is 4.37. The lowest BCUT2D eigenvalue weighted by Crippen LogP contribution is -2.46. The Bertz CT molecular complexity index is 962. The molecule has 0 saturated heterocycles. The number of amidine groups is 1. The van der Waals surface area contributed by atoms with E-state index in [0.29, 0.717) is 0 Å². The molecule has 1 aliphatic heterocycles. The fourth-order valence-electron chi connectivity index (χ4n) is 2.97. The van der Waals surface area contributed by atoms with Gasteiger partial charge in [0.15, 0.2) is 11.0 Å². The maximum absolute atomic E-state index is 14.9. The van der Waals surface area contributed by atoms with Crippen molar-refractivity contribution >= 4 is 22.7 Å². The first kappa shape index (κ1) is 21.9. The number of thioether (sulfide) groups is 1. The highest BCUT2D eigenvalue weighted by Crippen LogP contribution is 2.41. The number of nitrogens with two attached hydrogens (primary N) is 1. The lowest BCUT2D eigenvalue weighted by atomic mass is 9.89. The number of Topliss-reactive ketones (excluding diaryl/α,β-unsaturated/α-hetero) is 1. The molecule has 160 valence electrons. The predicted molar refractivity (Wildman–Crippen MR) is 102 cm³/mol. The number of carbonyl (C=O) groups is 1. The molecule has 30 heavy (non-hydrogen) atoms. The highest BCUT2D eigenvalue weighted by molar-refractivity contribution is 8.14. The number of nitrogens with zero attached hydrogens (tertiary/aromatic N) is 4. The van der Waals surface area contributed by atoms with Gasteiger partial charge in [-0.3, -0.25) is 9.78 Å². The molecule has 1 aliphatic rings. The number of aliphatic imine (C=N–C) groups is 1. The molecule has 0 fully saturated rings. The number of ketones is 1. The molecule has 2 N–H and O–H groups in total. The summed E-state index contributed by atoms with van der Waals surface area (Å²) in [6.07, 6.45) is 0.00552. The van der Waals surface area contributed by atoms with Gasteiger partial charge in [0.1, 0.15) is 35.6 Å². The molecule has 3 rings (SSSR count). The standard InChI is InChI=1S/C18H17F4N5O2S/c1-18(15(22)13(5-19)30-17(23)27-18)16-10(21)3-2-9(26-16)4-12(28)11-6-25-14(7-24-11)29-8-20/h2-3,6-7,13,15H,4-5,8H2,1H3,(H2,23,27)/t13-,15+,18+/m1/s1. The van der Waals surface area contributed by atoms with Crippen molar-refractivity contribution in [3.05, 3.63) is 47.4 Å². The highest BCUT2D eigenvalue weighted by Gasteiger charge is 2.48. The van der Waals surface area contributed by atoms with E-state index >= 15 is 0 Å². The number of ether oxygens (including phenoxy) is 1. The highest BCUT2D eigenvalue weighted by atomic mass is 32.2. The minimum atomic E-state index is -1.89. The van der Waals surface area contributed by atoms with Gasteiger partial charge in [-0.1, -0.05) is 11.8 Å². The van der Waals surface area contributed by atoms with Crippen LogP contribution in [0.3, 0.4) is 0 Å². The molecule has 2 aromatic rings. The first-order chi connectivity index (χ1) is 14.3. The van der Waals surface area contributed by atoms with Crippen LogP contribution in [0.15, 0.2) is 29.5 Å². The van der Waals surface area contributed by atoms with Crippen molar-refractivity contribution in [1.82, 2.24) is 15.0 Å². The zero-order chi connectivity index (χ0) is 21.9. The molecule has 3 atom stereocenters. The molecule has 2 aromatic heterocycles. The van der Waals surface area contributed by atoms with Crippen molar-refractivity contribution in [2.75, 3.05) is 13.5 Å². The molecular weight excluding hydrogens is 426 g/mol. The van der Waals surface area contributed by atoms with Crippen LogP contribution >= 0.6 is 11.8 Å². The second-order valence-corrected chi connectivity index (χ2v) is 7.80. The van der Waals surface area contributed by atoms with E-state index in [1.807, 2.05) is 0 Å². The van der Waals surface area contributed by atoms with E-state index in [0.717, 1.165) is 30.2 Å². The Morgan fingerprint density at radius 3 is 2.70 bits per heavy atom. The molecule has 0 spiro atoms. The van der Waals surface area contributed by atoms with Crippen LogP contribution < -0.4 is 10.5 Å². The normalized spacial score (nSPS) is 23.7. The first-order valence-corrected chi connectivity index (χ1v) is 9.58. The van der Waals surface area contributed by atoms with Gasteiger partial charge >= 0.3 is 0 Å². The van der Waals surface area contributed by atoms with Gasteiger partial charge < -0.3 is 10.5 Å². The fourth-order valence-corrected chi connectivity index (χ4v) is 3.97. The van der Waals surface area contributed by atoms with Crippen molar-refractivity contribution in [1.29, 1.82) is 0 Å². The van der Waals surface area contributed by atoms with E-state index in [1.165, 1.54) is 13.0 Å². The molecule has 0 radical (unpaired) electrons.